The Morgan fingerprint density at radius 2 is 2.19 bits per heavy atom. The fourth-order valence-corrected chi connectivity index (χ4v) is 2.71. The third-order valence-corrected chi connectivity index (χ3v) is 3.89. The smallest absolute Gasteiger partial charge is 0.254 e. The van der Waals surface area contributed by atoms with Crippen LogP contribution in [0.2, 0.25) is 0 Å². The molecule has 1 heterocycles. The highest BCUT2D eigenvalue weighted by Crippen LogP contribution is 2.21. The molecule has 1 aromatic rings. The Kier molecular flexibility index (Phi) is 6.20. The zero-order valence-corrected chi connectivity index (χ0v) is 13.7. The highest BCUT2D eigenvalue weighted by molar-refractivity contribution is 9.10. The Bertz CT molecular complexity index is 514. The minimum atomic E-state index is -0.0814. The summed E-state index contributed by atoms with van der Waals surface area (Å²) in [5.74, 6) is 0.634. The van der Waals surface area contributed by atoms with Gasteiger partial charge >= 0.3 is 0 Å². The number of hydrogen-bond acceptors (Lipinski definition) is 4. The van der Waals surface area contributed by atoms with Gasteiger partial charge in [-0.05, 0) is 44.1 Å². The number of nitrogens with zero attached hydrogens (tertiary/aromatic N) is 2. The molecule has 0 saturated carbocycles. The summed E-state index contributed by atoms with van der Waals surface area (Å²) in [5, 5.41) is 4.00. The van der Waals surface area contributed by atoms with Crippen LogP contribution in [0.1, 0.15) is 24.8 Å². The topological polar surface area (TPSA) is 53.9 Å². The van der Waals surface area contributed by atoms with E-state index in [0.717, 1.165) is 23.1 Å². The summed E-state index contributed by atoms with van der Waals surface area (Å²) in [6, 6.07) is 5.63. The lowest BCUT2D eigenvalue weighted by Crippen LogP contribution is -2.38. The monoisotopic (exact) mass is 353 g/mol. The number of likely N-dealkylation sites (tertiary alicyclic amines) is 1. The molecule has 2 rings (SSSR count). The largest absolute Gasteiger partial charge is 0.496 e. The first-order valence-corrected chi connectivity index (χ1v) is 7.86. The standard InChI is InChI=1S/C15H20BrN3O2/c1-21-14-6-5-13(16)9-12(14)10-17-18-15(20)11-19-7-3-2-4-8-19/h5-6,9-10H,2-4,7-8,11H2,1H3,(H,18,20). The molecule has 6 heteroatoms. The lowest BCUT2D eigenvalue weighted by Gasteiger charge is -2.25. The Morgan fingerprint density at radius 1 is 1.43 bits per heavy atom. The minimum absolute atomic E-state index is 0.0814. The van der Waals surface area contributed by atoms with Crippen LogP contribution in [0.15, 0.2) is 27.8 Å². The van der Waals surface area contributed by atoms with E-state index in [1.807, 2.05) is 18.2 Å². The van der Waals surface area contributed by atoms with Crippen molar-refractivity contribution < 1.29 is 9.53 Å². The van der Waals surface area contributed by atoms with Crippen molar-refractivity contribution in [3.8, 4) is 5.75 Å². The van der Waals surface area contributed by atoms with Crippen LogP contribution in [0.5, 0.6) is 5.75 Å². The van der Waals surface area contributed by atoms with Gasteiger partial charge in [0.1, 0.15) is 5.75 Å². The second-order valence-electron chi connectivity index (χ2n) is 5.02. The molecule has 5 nitrogen and oxygen atoms in total. The second kappa shape index (κ2) is 8.14. The van der Waals surface area contributed by atoms with Gasteiger partial charge in [0, 0.05) is 10.0 Å². The molecule has 0 radical (unpaired) electrons. The van der Waals surface area contributed by atoms with Gasteiger partial charge in [-0.2, -0.15) is 5.10 Å². The third kappa shape index (κ3) is 5.13. The summed E-state index contributed by atoms with van der Waals surface area (Å²) < 4.78 is 6.18. The van der Waals surface area contributed by atoms with Gasteiger partial charge in [0.15, 0.2) is 0 Å². The summed E-state index contributed by atoms with van der Waals surface area (Å²) in [7, 11) is 1.61. The lowest BCUT2D eigenvalue weighted by molar-refractivity contribution is -0.122. The van der Waals surface area contributed by atoms with Crippen molar-refractivity contribution in [3.05, 3.63) is 28.2 Å². The van der Waals surface area contributed by atoms with E-state index >= 15 is 0 Å². The number of rotatable bonds is 5. The molecule has 1 aromatic carbocycles. The number of methoxy groups -OCH3 is 1. The number of nitrogens with one attached hydrogen (secondary N) is 1. The molecular formula is C15H20BrN3O2. The second-order valence-corrected chi connectivity index (χ2v) is 5.93. The maximum absolute atomic E-state index is 11.8. The van der Waals surface area contributed by atoms with Crippen molar-refractivity contribution >= 4 is 28.1 Å². The molecule has 0 unspecified atom stereocenters. The highest BCUT2D eigenvalue weighted by Gasteiger charge is 2.13. The van der Waals surface area contributed by atoms with Crippen molar-refractivity contribution in [2.24, 2.45) is 5.10 Å². The molecule has 0 aliphatic carbocycles. The van der Waals surface area contributed by atoms with Gasteiger partial charge in [0.25, 0.3) is 5.91 Å². The molecule has 1 saturated heterocycles. The summed E-state index contributed by atoms with van der Waals surface area (Å²) in [5.41, 5.74) is 3.38. The van der Waals surface area contributed by atoms with E-state index in [1.54, 1.807) is 13.3 Å². The van der Waals surface area contributed by atoms with Crippen LogP contribution in [0.3, 0.4) is 0 Å². The molecule has 0 atom stereocenters. The Hall–Kier alpha value is -1.40. The molecule has 0 bridgehead atoms. The Labute approximate surface area is 133 Å². The zero-order chi connectivity index (χ0) is 15.1. The number of ether oxygens (including phenoxy) is 1. The molecule has 0 spiro atoms. The van der Waals surface area contributed by atoms with Crippen LogP contribution >= 0.6 is 15.9 Å². The number of benzene rings is 1. The average molecular weight is 354 g/mol. The van der Waals surface area contributed by atoms with Gasteiger partial charge in [-0.3, -0.25) is 9.69 Å². The average Bonchev–Trinajstić information content (AvgIpc) is 2.48. The van der Waals surface area contributed by atoms with E-state index in [1.165, 1.54) is 19.3 Å². The van der Waals surface area contributed by atoms with Crippen molar-refractivity contribution in [2.45, 2.75) is 19.3 Å². The van der Waals surface area contributed by atoms with Crippen LogP contribution in [0.25, 0.3) is 0 Å². The molecule has 0 aromatic heterocycles. The van der Waals surface area contributed by atoms with E-state index in [4.69, 9.17) is 4.74 Å². The van der Waals surface area contributed by atoms with Gasteiger partial charge in [-0.1, -0.05) is 22.4 Å². The molecule has 1 fully saturated rings. The van der Waals surface area contributed by atoms with Crippen molar-refractivity contribution in [3.63, 3.8) is 0 Å². The van der Waals surface area contributed by atoms with E-state index in [9.17, 15) is 4.79 Å². The number of carbonyl (C=O) groups excluding carboxylic acids is 1. The fraction of sp³-hybridized carbons (Fsp3) is 0.467. The van der Waals surface area contributed by atoms with Gasteiger partial charge in [0.2, 0.25) is 0 Å². The van der Waals surface area contributed by atoms with Crippen molar-refractivity contribution in [2.75, 3.05) is 26.7 Å². The van der Waals surface area contributed by atoms with Crippen LogP contribution in [-0.2, 0) is 4.79 Å². The molecule has 1 aliphatic rings. The number of halogens is 1. The molecule has 21 heavy (non-hydrogen) atoms. The van der Waals surface area contributed by atoms with Gasteiger partial charge < -0.3 is 4.74 Å². The van der Waals surface area contributed by atoms with Crippen molar-refractivity contribution in [1.29, 1.82) is 0 Å². The van der Waals surface area contributed by atoms with Crippen LogP contribution < -0.4 is 10.2 Å². The zero-order valence-electron chi connectivity index (χ0n) is 12.1. The van der Waals surface area contributed by atoms with Crippen LogP contribution in [0, 0.1) is 0 Å². The predicted octanol–water partition coefficient (Wildman–Crippen LogP) is 2.39. The van der Waals surface area contributed by atoms with Crippen LogP contribution in [0.4, 0.5) is 0 Å². The first-order chi connectivity index (χ1) is 10.2. The predicted molar refractivity (Wildman–Crippen MR) is 86.7 cm³/mol. The van der Waals surface area contributed by atoms with E-state index in [2.05, 4.69) is 31.4 Å². The first kappa shape index (κ1) is 16.0. The molecule has 114 valence electrons. The maximum atomic E-state index is 11.8. The summed E-state index contributed by atoms with van der Waals surface area (Å²) in [4.78, 5) is 14.0. The fourth-order valence-electron chi connectivity index (χ4n) is 2.34. The van der Waals surface area contributed by atoms with Crippen LogP contribution in [-0.4, -0.2) is 43.8 Å². The molecule has 1 aliphatic heterocycles. The summed E-state index contributed by atoms with van der Waals surface area (Å²) in [6.07, 6.45) is 5.20. The van der Waals surface area contributed by atoms with Gasteiger partial charge in [-0.15, -0.1) is 0 Å². The maximum Gasteiger partial charge on any atom is 0.254 e. The number of hydrogen-bond donors (Lipinski definition) is 1. The summed E-state index contributed by atoms with van der Waals surface area (Å²) >= 11 is 3.40. The molecular weight excluding hydrogens is 334 g/mol. The molecule has 1 amide bonds. The summed E-state index contributed by atoms with van der Waals surface area (Å²) in [6.45, 7) is 2.40. The van der Waals surface area contributed by atoms with E-state index < -0.39 is 0 Å². The SMILES string of the molecule is COc1ccc(Br)cc1C=NNC(=O)CN1CCCCC1. The van der Waals surface area contributed by atoms with E-state index in [0.29, 0.717) is 12.3 Å². The van der Waals surface area contributed by atoms with E-state index in [-0.39, 0.29) is 5.91 Å². The molecule has 1 N–H and O–H groups in total. The van der Waals surface area contributed by atoms with Gasteiger partial charge in [0.05, 0.1) is 19.9 Å². The quantitative estimate of drug-likeness (QED) is 0.653. The van der Waals surface area contributed by atoms with Crippen molar-refractivity contribution in [1.82, 2.24) is 10.3 Å². The number of hydrazone groups is 1. The highest BCUT2D eigenvalue weighted by atomic mass is 79.9. The number of carbonyl (C=O) groups is 1. The Morgan fingerprint density at radius 3 is 2.90 bits per heavy atom. The number of amides is 1. The minimum Gasteiger partial charge on any atom is -0.496 e. The normalized spacial score (nSPS) is 16.1. The lowest BCUT2D eigenvalue weighted by atomic mass is 10.1. The number of piperidine rings is 1. The van der Waals surface area contributed by atoms with Gasteiger partial charge in [-0.25, -0.2) is 5.43 Å². The Balaban J connectivity index is 1.86. The third-order valence-electron chi connectivity index (χ3n) is 3.40. The first-order valence-electron chi connectivity index (χ1n) is 7.07.